The Morgan fingerprint density at radius 3 is 2.68 bits per heavy atom. The molecule has 0 saturated heterocycles. The van der Waals surface area contributed by atoms with E-state index in [0.717, 1.165) is 25.7 Å². The molecule has 19 heavy (non-hydrogen) atoms. The smallest absolute Gasteiger partial charge is 0.334 e. The zero-order valence-corrected chi connectivity index (χ0v) is 11.3. The van der Waals surface area contributed by atoms with E-state index in [4.69, 9.17) is 0 Å². The summed E-state index contributed by atoms with van der Waals surface area (Å²) in [5.41, 5.74) is 0.135. The molecule has 106 valence electrons. The molecule has 2 rings (SSSR count). The molecule has 0 spiro atoms. The van der Waals surface area contributed by atoms with Crippen molar-refractivity contribution >= 4 is 11.5 Å². The lowest BCUT2D eigenvalue weighted by Gasteiger charge is -2.41. The highest BCUT2D eigenvalue weighted by Crippen LogP contribution is 2.38. The average Bonchev–Trinajstić information content (AvgIpc) is 2.60. The van der Waals surface area contributed by atoms with Gasteiger partial charge in [0, 0.05) is 7.05 Å². The zero-order chi connectivity index (χ0) is 14.0. The number of anilines is 1. The van der Waals surface area contributed by atoms with Gasteiger partial charge < -0.3 is 10.4 Å². The molecule has 1 fully saturated rings. The fourth-order valence-corrected chi connectivity index (χ4v) is 2.48. The van der Waals surface area contributed by atoms with Gasteiger partial charge in [0.25, 0.3) is 0 Å². The second-order valence-corrected chi connectivity index (χ2v) is 5.19. The van der Waals surface area contributed by atoms with Gasteiger partial charge >= 0.3 is 5.69 Å². The highest BCUT2D eigenvalue weighted by Gasteiger charge is 2.39. The van der Waals surface area contributed by atoms with Crippen molar-refractivity contribution in [2.75, 3.05) is 11.9 Å². The second kappa shape index (κ2) is 5.16. The zero-order valence-electron chi connectivity index (χ0n) is 11.3. The highest BCUT2D eigenvalue weighted by atomic mass is 16.6. The Hall–Kier alpha value is -1.63. The van der Waals surface area contributed by atoms with Crippen LogP contribution in [-0.2, 0) is 13.5 Å². The SMILES string of the molecule is CCCc1nn(C)c(NC2(CO)CCC2)c1[N+](=O)[O-]. The molecule has 1 aromatic rings. The van der Waals surface area contributed by atoms with Crippen molar-refractivity contribution in [3.8, 4) is 0 Å². The maximum atomic E-state index is 11.3. The van der Waals surface area contributed by atoms with Crippen molar-refractivity contribution in [3.05, 3.63) is 15.8 Å². The number of aromatic nitrogens is 2. The molecule has 7 heteroatoms. The van der Waals surface area contributed by atoms with E-state index in [-0.39, 0.29) is 17.2 Å². The molecule has 1 aliphatic carbocycles. The van der Waals surface area contributed by atoms with E-state index in [1.807, 2.05) is 6.92 Å². The minimum atomic E-state index is -0.415. The molecule has 1 heterocycles. The number of nitrogens with one attached hydrogen (secondary N) is 1. The number of aryl methyl sites for hydroxylation is 2. The largest absolute Gasteiger partial charge is 0.394 e. The number of nitro groups is 1. The van der Waals surface area contributed by atoms with Crippen LogP contribution in [0.2, 0.25) is 0 Å². The highest BCUT2D eigenvalue weighted by molar-refractivity contribution is 5.61. The van der Waals surface area contributed by atoms with E-state index >= 15 is 0 Å². The summed E-state index contributed by atoms with van der Waals surface area (Å²) in [5.74, 6) is 0.405. The Kier molecular flexibility index (Phi) is 3.75. The van der Waals surface area contributed by atoms with Crippen molar-refractivity contribution in [1.29, 1.82) is 0 Å². The minimum Gasteiger partial charge on any atom is -0.394 e. The third kappa shape index (κ3) is 2.42. The Labute approximate surface area is 111 Å². The van der Waals surface area contributed by atoms with Crippen LogP contribution >= 0.6 is 0 Å². The van der Waals surface area contributed by atoms with Gasteiger partial charge in [-0.1, -0.05) is 13.3 Å². The maximum absolute atomic E-state index is 11.3. The van der Waals surface area contributed by atoms with E-state index in [1.54, 1.807) is 7.05 Å². The van der Waals surface area contributed by atoms with Crippen molar-refractivity contribution < 1.29 is 10.0 Å². The molecular formula is C12H20N4O3. The molecule has 0 unspecified atom stereocenters. The molecular weight excluding hydrogens is 248 g/mol. The van der Waals surface area contributed by atoms with Gasteiger partial charge in [-0.15, -0.1) is 0 Å². The Morgan fingerprint density at radius 2 is 2.26 bits per heavy atom. The standard InChI is InChI=1S/C12H20N4O3/c1-3-5-9-10(16(18)19)11(15(2)14-9)13-12(8-17)6-4-7-12/h13,17H,3-8H2,1-2H3. The quantitative estimate of drug-likeness (QED) is 0.604. The number of aliphatic hydroxyl groups is 1. The molecule has 0 aliphatic heterocycles. The summed E-state index contributed by atoms with van der Waals surface area (Å²) in [5, 5.41) is 28.1. The predicted molar refractivity (Wildman–Crippen MR) is 71.1 cm³/mol. The number of hydrogen-bond acceptors (Lipinski definition) is 5. The molecule has 1 saturated carbocycles. The molecule has 0 amide bonds. The minimum absolute atomic E-state index is 0.0154. The molecule has 0 bridgehead atoms. The van der Waals surface area contributed by atoms with Crippen LogP contribution in [0.3, 0.4) is 0 Å². The lowest BCUT2D eigenvalue weighted by atomic mass is 9.77. The fraction of sp³-hybridized carbons (Fsp3) is 0.750. The van der Waals surface area contributed by atoms with E-state index in [0.29, 0.717) is 17.9 Å². The van der Waals surface area contributed by atoms with Crippen LogP contribution in [-0.4, -0.2) is 32.0 Å². The number of rotatable bonds is 6. The number of aliphatic hydroxyl groups excluding tert-OH is 1. The van der Waals surface area contributed by atoms with E-state index in [1.165, 1.54) is 4.68 Å². The van der Waals surface area contributed by atoms with Gasteiger partial charge in [-0.25, -0.2) is 4.68 Å². The van der Waals surface area contributed by atoms with Crippen LogP contribution in [0.5, 0.6) is 0 Å². The first-order valence-electron chi connectivity index (χ1n) is 6.62. The van der Waals surface area contributed by atoms with Crippen LogP contribution in [0.15, 0.2) is 0 Å². The van der Waals surface area contributed by atoms with Crippen LogP contribution in [0.25, 0.3) is 0 Å². The number of nitrogens with zero attached hydrogens (tertiary/aromatic N) is 3. The monoisotopic (exact) mass is 268 g/mol. The maximum Gasteiger partial charge on any atom is 0.334 e. The molecule has 2 N–H and O–H groups in total. The first-order chi connectivity index (χ1) is 9.03. The topological polar surface area (TPSA) is 93.2 Å². The van der Waals surface area contributed by atoms with Crippen LogP contribution in [0, 0.1) is 10.1 Å². The van der Waals surface area contributed by atoms with E-state index in [9.17, 15) is 15.2 Å². The van der Waals surface area contributed by atoms with E-state index in [2.05, 4.69) is 10.4 Å². The molecule has 0 radical (unpaired) electrons. The Balaban J connectivity index is 2.35. The van der Waals surface area contributed by atoms with Gasteiger partial charge in [-0.3, -0.25) is 10.1 Å². The summed E-state index contributed by atoms with van der Waals surface area (Å²) in [6.07, 6.45) is 4.07. The summed E-state index contributed by atoms with van der Waals surface area (Å²) in [7, 11) is 1.69. The van der Waals surface area contributed by atoms with Crippen molar-refractivity contribution in [2.45, 2.75) is 44.6 Å². The second-order valence-electron chi connectivity index (χ2n) is 5.19. The predicted octanol–water partition coefficient (Wildman–Crippen LogP) is 1.61. The van der Waals surface area contributed by atoms with Crippen molar-refractivity contribution in [2.24, 2.45) is 7.05 Å². The molecule has 0 atom stereocenters. The van der Waals surface area contributed by atoms with Gasteiger partial charge in [0.05, 0.1) is 17.1 Å². The van der Waals surface area contributed by atoms with Gasteiger partial charge in [0.2, 0.25) is 5.82 Å². The third-order valence-electron chi connectivity index (χ3n) is 3.76. The normalized spacial score (nSPS) is 17.0. The van der Waals surface area contributed by atoms with Crippen molar-refractivity contribution in [3.63, 3.8) is 0 Å². The lowest BCUT2D eigenvalue weighted by molar-refractivity contribution is -0.384. The first-order valence-corrected chi connectivity index (χ1v) is 6.62. The molecule has 1 aliphatic rings. The summed E-state index contributed by atoms with van der Waals surface area (Å²) in [4.78, 5) is 10.9. The van der Waals surface area contributed by atoms with Gasteiger partial charge in [0.15, 0.2) is 0 Å². The summed E-state index contributed by atoms with van der Waals surface area (Å²) >= 11 is 0. The number of hydrogen-bond donors (Lipinski definition) is 2. The summed E-state index contributed by atoms with van der Waals surface area (Å²) in [6.45, 7) is 1.95. The first kappa shape index (κ1) is 13.8. The fourth-order valence-electron chi connectivity index (χ4n) is 2.48. The summed E-state index contributed by atoms with van der Waals surface area (Å²) in [6, 6.07) is 0. The molecule has 0 aromatic carbocycles. The molecule has 1 aromatic heterocycles. The van der Waals surface area contributed by atoms with Gasteiger partial charge in [-0.2, -0.15) is 5.10 Å². The average molecular weight is 268 g/mol. The lowest BCUT2D eigenvalue weighted by Crippen LogP contribution is -2.48. The molecule has 7 nitrogen and oxygen atoms in total. The third-order valence-corrected chi connectivity index (χ3v) is 3.76. The Bertz CT molecular complexity index is 474. The van der Waals surface area contributed by atoms with Crippen molar-refractivity contribution in [1.82, 2.24) is 9.78 Å². The van der Waals surface area contributed by atoms with Crippen LogP contribution < -0.4 is 5.32 Å². The van der Waals surface area contributed by atoms with Crippen LogP contribution in [0.1, 0.15) is 38.3 Å². The van der Waals surface area contributed by atoms with Crippen LogP contribution in [0.4, 0.5) is 11.5 Å². The Morgan fingerprint density at radius 1 is 1.58 bits per heavy atom. The van der Waals surface area contributed by atoms with E-state index < -0.39 is 5.54 Å². The van der Waals surface area contributed by atoms with Gasteiger partial charge in [-0.05, 0) is 25.7 Å². The van der Waals surface area contributed by atoms with Gasteiger partial charge in [0.1, 0.15) is 5.69 Å². The summed E-state index contributed by atoms with van der Waals surface area (Å²) < 4.78 is 1.51.